The molecule has 1 N–H and O–H groups in total. The van der Waals surface area contributed by atoms with Crippen LogP contribution in [0.15, 0.2) is 72.0 Å². The summed E-state index contributed by atoms with van der Waals surface area (Å²) < 4.78 is 0. The van der Waals surface area contributed by atoms with Crippen molar-refractivity contribution in [3.05, 3.63) is 91.0 Å². The normalized spacial score (nSPS) is 15.7. The average molecular weight is 428 g/mol. The number of hydrogen-bond acceptors (Lipinski definition) is 2. The van der Waals surface area contributed by atoms with E-state index in [9.17, 15) is 4.79 Å². The van der Waals surface area contributed by atoms with Gasteiger partial charge in [0.25, 0.3) is 0 Å². The minimum atomic E-state index is 0. The van der Waals surface area contributed by atoms with Crippen LogP contribution in [-0.2, 0) is 25.2 Å². The van der Waals surface area contributed by atoms with Crippen molar-refractivity contribution in [2.45, 2.75) is 33.7 Å². The quantitative estimate of drug-likeness (QED) is 0.411. The van der Waals surface area contributed by atoms with Gasteiger partial charge in [0.15, 0.2) is 5.78 Å². The molecule has 1 aliphatic rings. The van der Waals surface area contributed by atoms with Crippen LogP contribution in [0.25, 0.3) is 0 Å². The van der Waals surface area contributed by atoms with Gasteiger partial charge >= 0.3 is 20.4 Å². The second-order valence-corrected chi connectivity index (χ2v) is 6.76. The van der Waals surface area contributed by atoms with Crippen LogP contribution in [0.3, 0.4) is 0 Å². The van der Waals surface area contributed by atoms with Crippen LogP contribution in [0, 0.1) is 18.9 Å². The van der Waals surface area contributed by atoms with E-state index >= 15 is 0 Å². The van der Waals surface area contributed by atoms with Crippen molar-refractivity contribution in [2.24, 2.45) is 5.41 Å². The molecule has 1 aromatic rings. The number of carbonyl (C=O) groups is 1. The Morgan fingerprint density at radius 3 is 2.16 bits per heavy atom. The summed E-state index contributed by atoms with van der Waals surface area (Å²) >= 11 is 0. The van der Waals surface area contributed by atoms with Crippen LogP contribution < -0.4 is 5.32 Å². The molecule has 0 fully saturated rings. The maximum absolute atomic E-state index is 11.5. The third-order valence-electron chi connectivity index (χ3n) is 3.67. The van der Waals surface area contributed by atoms with Gasteiger partial charge in [0, 0.05) is 17.8 Å². The Bertz CT molecular complexity index is 648. The Labute approximate surface area is 166 Å². The summed E-state index contributed by atoms with van der Waals surface area (Å²) in [4.78, 5) is 11.5. The Balaban J connectivity index is 0.000000620. The number of allylic oxidation sites excluding steroid dienone is 6. The molecule has 0 saturated carbocycles. The zero-order valence-corrected chi connectivity index (χ0v) is 16.9. The van der Waals surface area contributed by atoms with Crippen molar-refractivity contribution >= 4 is 5.78 Å². The number of hydrogen-bond donors (Lipinski definition) is 1. The van der Waals surface area contributed by atoms with E-state index in [0.717, 1.165) is 5.57 Å². The van der Waals surface area contributed by atoms with Gasteiger partial charge < -0.3 is 24.4 Å². The summed E-state index contributed by atoms with van der Waals surface area (Å²) in [6, 6.07) is 10.3. The molecular weight excluding hydrogens is 401 g/mol. The molecular formula is C22H27NOPd. The first kappa shape index (κ1) is 23.2. The van der Waals surface area contributed by atoms with E-state index in [0.29, 0.717) is 5.57 Å². The van der Waals surface area contributed by atoms with Gasteiger partial charge in [-0.15, -0.1) is 0 Å². The summed E-state index contributed by atoms with van der Waals surface area (Å²) in [7, 11) is 0. The second-order valence-electron chi connectivity index (χ2n) is 6.76. The van der Waals surface area contributed by atoms with E-state index in [4.69, 9.17) is 6.58 Å². The molecule has 0 aromatic heterocycles. The van der Waals surface area contributed by atoms with E-state index < -0.39 is 0 Å². The van der Waals surface area contributed by atoms with Crippen LogP contribution in [0.4, 0.5) is 0 Å². The first-order chi connectivity index (χ1) is 11.2. The van der Waals surface area contributed by atoms with Crippen molar-refractivity contribution < 1.29 is 25.2 Å². The molecule has 3 heteroatoms. The molecule has 2 rings (SSSR count). The zero-order chi connectivity index (χ0) is 18.2. The van der Waals surface area contributed by atoms with Gasteiger partial charge in [-0.3, -0.25) is 4.79 Å². The molecule has 0 amide bonds. The summed E-state index contributed by atoms with van der Waals surface area (Å²) in [6.45, 7) is 17.2. The molecule has 0 radical (unpaired) electrons. The third kappa shape index (κ3) is 8.72. The van der Waals surface area contributed by atoms with E-state index in [1.54, 1.807) is 18.4 Å². The summed E-state index contributed by atoms with van der Waals surface area (Å²) in [5, 5.41) is 3.23. The van der Waals surface area contributed by atoms with E-state index in [1.807, 2.05) is 51.1 Å². The third-order valence-corrected chi connectivity index (χ3v) is 3.67. The van der Waals surface area contributed by atoms with Gasteiger partial charge in [0.2, 0.25) is 0 Å². The number of benzene rings is 1. The maximum Gasteiger partial charge on any atom is 2.00 e. The SMILES string of the molecule is CC(NC=C1C=CC=CC1=O)c1ccccc1.[CH-]=C([CH2-])C(C)(C)C.[Pd+2]. The summed E-state index contributed by atoms with van der Waals surface area (Å²) in [5.74, 6) is 0.0419. The first-order valence-corrected chi connectivity index (χ1v) is 8.07. The molecule has 1 unspecified atom stereocenters. The number of carbonyl (C=O) groups excluding carboxylic acids is 1. The van der Waals surface area contributed by atoms with Crippen molar-refractivity contribution in [3.63, 3.8) is 0 Å². The van der Waals surface area contributed by atoms with Gasteiger partial charge in [-0.1, -0.05) is 68.7 Å². The van der Waals surface area contributed by atoms with Crippen LogP contribution in [0.5, 0.6) is 0 Å². The molecule has 0 spiro atoms. The predicted octanol–water partition coefficient (Wildman–Crippen LogP) is 5.14. The van der Waals surface area contributed by atoms with Crippen molar-refractivity contribution in [1.82, 2.24) is 5.32 Å². The van der Waals surface area contributed by atoms with E-state index in [2.05, 4.69) is 31.3 Å². The number of nitrogens with one attached hydrogen (secondary N) is 1. The minimum absolute atomic E-state index is 0. The Hall–Kier alpha value is -1.82. The fraction of sp³-hybridized carbons (Fsp3) is 0.273. The topological polar surface area (TPSA) is 29.1 Å². The van der Waals surface area contributed by atoms with Crippen molar-refractivity contribution in [2.75, 3.05) is 0 Å². The Morgan fingerprint density at radius 2 is 1.68 bits per heavy atom. The molecule has 0 heterocycles. The molecule has 0 saturated heterocycles. The standard InChI is InChI=1S/C15H15NO.C7H12.Pd/c1-12(13-7-3-2-4-8-13)16-11-14-9-5-6-10-15(14)17;1-6(2)7(3,4)5;/h2-12,16H,1H3;1H,2H2,3-5H3;/q;-2;+2. The largest absolute Gasteiger partial charge is 2.00 e. The maximum atomic E-state index is 11.5. The molecule has 0 bridgehead atoms. The Morgan fingerprint density at radius 1 is 1.16 bits per heavy atom. The predicted molar refractivity (Wildman–Crippen MR) is 102 cm³/mol. The monoisotopic (exact) mass is 427 g/mol. The molecule has 1 aliphatic carbocycles. The van der Waals surface area contributed by atoms with Crippen LogP contribution in [-0.4, -0.2) is 5.78 Å². The van der Waals surface area contributed by atoms with E-state index in [-0.39, 0.29) is 37.7 Å². The van der Waals surface area contributed by atoms with Gasteiger partial charge in [-0.25, -0.2) is 0 Å². The van der Waals surface area contributed by atoms with Gasteiger partial charge in [0.05, 0.1) is 0 Å². The van der Waals surface area contributed by atoms with Gasteiger partial charge in [-0.05, 0) is 24.6 Å². The van der Waals surface area contributed by atoms with Gasteiger partial charge in [0.1, 0.15) is 0 Å². The fourth-order valence-corrected chi connectivity index (χ4v) is 1.65. The number of rotatable bonds is 3. The summed E-state index contributed by atoms with van der Waals surface area (Å²) in [6.07, 6.45) is 8.77. The van der Waals surface area contributed by atoms with Crippen molar-refractivity contribution in [1.29, 1.82) is 0 Å². The molecule has 0 aliphatic heterocycles. The molecule has 25 heavy (non-hydrogen) atoms. The number of ketones is 1. The average Bonchev–Trinajstić information content (AvgIpc) is 2.54. The Kier molecular flexibility index (Phi) is 10.1. The summed E-state index contributed by atoms with van der Waals surface area (Å²) in [5.41, 5.74) is 2.72. The van der Waals surface area contributed by atoms with Crippen molar-refractivity contribution in [3.8, 4) is 0 Å². The zero-order valence-electron chi connectivity index (χ0n) is 15.4. The second kappa shape index (κ2) is 10.9. The van der Waals surface area contributed by atoms with Crippen LogP contribution in [0.2, 0.25) is 0 Å². The van der Waals surface area contributed by atoms with E-state index in [1.165, 1.54) is 5.56 Å². The fourth-order valence-electron chi connectivity index (χ4n) is 1.65. The first-order valence-electron chi connectivity index (χ1n) is 8.07. The molecule has 1 aromatic carbocycles. The van der Waals surface area contributed by atoms with Gasteiger partial charge in [-0.2, -0.15) is 0 Å². The van der Waals surface area contributed by atoms with Crippen LogP contribution >= 0.6 is 0 Å². The minimum Gasteiger partial charge on any atom is -0.545 e. The van der Waals surface area contributed by atoms with Crippen LogP contribution in [0.1, 0.15) is 39.3 Å². The molecule has 136 valence electrons. The molecule has 2 nitrogen and oxygen atoms in total. The molecule has 1 atom stereocenters. The smallest absolute Gasteiger partial charge is 0.545 e.